The van der Waals surface area contributed by atoms with Gasteiger partial charge in [0.25, 0.3) is 0 Å². The van der Waals surface area contributed by atoms with E-state index < -0.39 is 0 Å². The largest absolute Gasteiger partial charge is 0.508 e. The zero-order valence-electron chi connectivity index (χ0n) is 13.4. The first-order valence-electron chi connectivity index (χ1n) is 8.26. The Morgan fingerprint density at radius 3 is 2.33 bits per heavy atom. The van der Waals surface area contributed by atoms with Crippen LogP contribution in [0.2, 0.25) is 0 Å². The Labute approximate surface area is 141 Å². The van der Waals surface area contributed by atoms with Gasteiger partial charge in [-0.2, -0.15) is 0 Å². The van der Waals surface area contributed by atoms with E-state index >= 15 is 0 Å². The third-order valence-electron chi connectivity index (χ3n) is 4.55. The van der Waals surface area contributed by atoms with Gasteiger partial charge < -0.3 is 20.8 Å². The number of anilines is 1. The first kappa shape index (κ1) is 16.2. The van der Waals surface area contributed by atoms with Crippen LogP contribution < -0.4 is 10.6 Å². The number of aromatic hydroxyl groups is 2. The molecule has 2 aromatic carbocycles. The molecule has 2 amide bonds. The smallest absolute Gasteiger partial charge is 0.319 e. The molecule has 24 heavy (non-hydrogen) atoms. The Kier molecular flexibility index (Phi) is 4.89. The van der Waals surface area contributed by atoms with Gasteiger partial charge in [-0.05, 0) is 55.4 Å². The van der Waals surface area contributed by atoms with Gasteiger partial charge in [-0.3, -0.25) is 0 Å². The number of benzene rings is 2. The number of rotatable bonds is 3. The summed E-state index contributed by atoms with van der Waals surface area (Å²) in [7, 11) is 0. The van der Waals surface area contributed by atoms with Crippen molar-refractivity contribution in [2.75, 3.05) is 5.32 Å². The van der Waals surface area contributed by atoms with Crippen molar-refractivity contribution in [1.29, 1.82) is 0 Å². The topological polar surface area (TPSA) is 81.6 Å². The van der Waals surface area contributed by atoms with E-state index in [4.69, 9.17) is 0 Å². The van der Waals surface area contributed by atoms with Crippen molar-refractivity contribution in [3.63, 3.8) is 0 Å². The van der Waals surface area contributed by atoms with Gasteiger partial charge in [0, 0.05) is 17.8 Å². The zero-order valence-corrected chi connectivity index (χ0v) is 13.4. The van der Waals surface area contributed by atoms with Crippen LogP contribution in [0.3, 0.4) is 0 Å². The number of phenols is 2. The summed E-state index contributed by atoms with van der Waals surface area (Å²) in [5, 5.41) is 25.2. The summed E-state index contributed by atoms with van der Waals surface area (Å²) in [6, 6.07) is 14.1. The standard InChI is InChI=1S/C19H22N2O3/c22-16-10-11-17(18(23)12-16)13-6-8-15(9-7-13)21-19(24)20-14-4-2-1-3-5-14/h1-5,10-13,15,22-23H,6-9H2,(H2,20,21,24). The maximum absolute atomic E-state index is 12.0. The quantitative estimate of drug-likeness (QED) is 0.689. The molecule has 5 nitrogen and oxygen atoms in total. The van der Waals surface area contributed by atoms with Crippen molar-refractivity contribution >= 4 is 11.7 Å². The fraction of sp³-hybridized carbons (Fsp3) is 0.316. The number of carbonyl (C=O) groups excluding carboxylic acids is 1. The highest BCUT2D eigenvalue weighted by Crippen LogP contribution is 2.38. The van der Waals surface area contributed by atoms with Crippen molar-refractivity contribution in [3.05, 3.63) is 54.1 Å². The van der Waals surface area contributed by atoms with E-state index in [1.165, 1.54) is 6.07 Å². The summed E-state index contributed by atoms with van der Waals surface area (Å²) in [6.45, 7) is 0. The highest BCUT2D eigenvalue weighted by molar-refractivity contribution is 5.89. The first-order valence-corrected chi connectivity index (χ1v) is 8.26. The molecule has 0 spiro atoms. The van der Waals surface area contributed by atoms with Crippen LogP contribution in [0, 0.1) is 0 Å². The molecule has 0 unspecified atom stereocenters. The van der Waals surface area contributed by atoms with Gasteiger partial charge in [0.2, 0.25) is 0 Å². The lowest BCUT2D eigenvalue weighted by atomic mass is 9.81. The molecule has 5 heteroatoms. The van der Waals surface area contributed by atoms with Gasteiger partial charge in [-0.25, -0.2) is 4.79 Å². The fourth-order valence-electron chi connectivity index (χ4n) is 3.30. The maximum atomic E-state index is 12.0. The summed E-state index contributed by atoms with van der Waals surface area (Å²) in [5.74, 6) is 0.484. The average molecular weight is 326 g/mol. The third-order valence-corrected chi connectivity index (χ3v) is 4.55. The lowest BCUT2D eigenvalue weighted by Gasteiger charge is -2.29. The number of urea groups is 1. The molecule has 0 atom stereocenters. The Balaban J connectivity index is 1.51. The second kappa shape index (κ2) is 7.25. The van der Waals surface area contributed by atoms with Gasteiger partial charge >= 0.3 is 6.03 Å². The average Bonchev–Trinajstić information content (AvgIpc) is 2.57. The van der Waals surface area contributed by atoms with Gasteiger partial charge in [0.1, 0.15) is 11.5 Å². The Hall–Kier alpha value is -2.69. The van der Waals surface area contributed by atoms with Crippen molar-refractivity contribution in [2.45, 2.75) is 37.6 Å². The zero-order chi connectivity index (χ0) is 16.9. The number of phenolic OH excluding ortho intramolecular Hbond substituents is 2. The highest BCUT2D eigenvalue weighted by Gasteiger charge is 2.25. The van der Waals surface area contributed by atoms with Crippen LogP contribution >= 0.6 is 0 Å². The fourth-order valence-corrected chi connectivity index (χ4v) is 3.30. The minimum absolute atomic E-state index is 0.0733. The van der Waals surface area contributed by atoms with Gasteiger partial charge in [0.15, 0.2) is 0 Å². The van der Waals surface area contributed by atoms with E-state index in [2.05, 4.69) is 10.6 Å². The van der Waals surface area contributed by atoms with Crippen LogP contribution in [0.1, 0.15) is 37.2 Å². The van der Waals surface area contributed by atoms with E-state index in [9.17, 15) is 15.0 Å². The Bertz CT molecular complexity index is 695. The van der Waals surface area contributed by atoms with Crippen LogP contribution in [0.5, 0.6) is 11.5 Å². The Morgan fingerprint density at radius 1 is 0.958 bits per heavy atom. The van der Waals surface area contributed by atoms with E-state index in [0.717, 1.165) is 36.9 Å². The number of carbonyl (C=O) groups is 1. The molecule has 0 aromatic heterocycles. The number of hydrogen-bond donors (Lipinski definition) is 4. The molecule has 0 heterocycles. The summed E-state index contributed by atoms with van der Waals surface area (Å²) in [5.41, 5.74) is 1.65. The predicted octanol–water partition coefficient (Wildman–Crippen LogP) is 3.95. The monoisotopic (exact) mass is 326 g/mol. The lowest BCUT2D eigenvalue weighted by molar-refractivity contribution is 0.242. The summed E-state index contributed by atoms with van der Waals surface area (Å²) in [6.07, 6.45) is 3.53. The minimum atomic E-state index is -0.183. The molecule has 0 bridgehead atoms. The molecule has 1 fully saturated rings. The van der Waals surface area contributed by atoms with Crippen LogP contribution in [0.25, 0.3) is 0 Å². The van der Waals surface area contributed by atoms with Crippen molar-refractivity contribution < 1.29 is 15.0 Å². The first-order chi connectivity index (χ1) is 11.6. The summed E-state index contributed by atoms with van der Waals surface area (Å²) >= 11 is 0. The summed E-state index contributed by atoms with van der Waals surface area (Å²) < 4.78 is 0. The van der Waals surface area contributed by atoms with E-state index in [0.29, 0.717) is 0 Å². The molecule has 1 saturated carbocycles. The Morgan fingerprint density at radius 2 is 1.67 bits per heavy atom. The molecule has 0 saturated heterocycles. The molecule has 2 aromatic rings. The van der Waals surface area contributed by atoms with E-state index in [1.54, 1.807) is 12.1 Å². The van der Waals surface area contributed by atoms with E-state index in [-0.39, 0.29) is 29.5 Å². The van der Waals surface area contributed by atoms with Gasteiger partial charge in [-0.15, -0.1) is 0 Å². The molecule has 0 radical (unpaired) electrons. The van der Waals surface area contributed by atoms with Gasteiger partial charge in [-0.1, -0.05) is 24.3 Å². The predicted molar refractivity (Wildman–Crippen MR) is 93.4 cm³/mol. The second-order valence-corrected chi connectivity index (χ2v) is 6.26. The molecule has 126 valence electrons. The van der Waals surface area contributed by atoms with Crippen LogP contribution in [-0.2, 0) is 0 Å². The molecular formula is C19H22N2O3. The molecule has 0 aliphatic heterocycles. The number of para-hydroxylation sites is 1. The van der Waals surface area contributed by atoms with Crippen LogP contribution in [0.15, 0.2) is 48.5 Å². The number of nitrogens with one attached hydrogen (secondary N) is 2. The maximum Gasteiger partial charge on any atom is 0.319 e. The van der Waals surface area contributed by atoms with Gasteiger partial charge in [0.05, 0.1) is 0 Å². The molecule has 3 rings (SSSR count). The second-order valence-electron chi connectivity index (χ2n) is 6.26. The van der Waals surface area contributed by atoms with E-state index in [1.807, 2.05) is 30.3 Å². The highest BCUT2D eigenvalue weighted by atomic mass is 16.3. The number of amides is 2. The SMILES string of the molecule is O=C(Nc1ccccc1)NC1CCC(c2ccc(O)cc2O)CC1. The molecular weight excluding hydrogens is 304 g/mol. The van der Waals surface area contributed by atoms with Crippen molar-refractivity contribution in [3.8, 4) is 11.5 Å². The molecule has 1 aliphatic rings. The minimum Gasteiger partial charge on any atom is -0.508 e. The lowest BCUT2D eigenvalue weighted by Crippen LogP contribution is -2.39. The summed E-state index contributed by atoms with van der Waals surface area (Å²) in [4.78, 5) is 12.0. The van der Waals surface area contributed by atoms with Crippen molar-refractivity contribution in [1.82, 2.24) is 5.32 Å². The van der Waals surface area contributed by atoms with Crippen molar-refractivity contribution in [2.24, 2.45) is 0 Å². The molecule has 4 N–H and O–H groups in total. The van der Waals surface area contributed by atoms with Crippen LogP contribution in [-0.4, -0.2) is 22.3 Å². The third kappa shape index (κ3) is 3.98. The number of hydrogen-bond acceptors (Lipinski definition) is 3. The molecule has 1 aliphatic carbocycles. The normalized spacial score (nSPS) is 20.3. The van der Waals surface area contributed by atoms with Crippen LogP contribution in [0.4, 0.5) is 10.5 Å².